The van der Waals surface area contributed by atoms with Gasteiger partial charge in [0, 0.05) is 79.1 Å². The van der Waals surface area contributed by atoms with E-state index in [0.717, 1.165) is 22.0 Å². The van der Waals surface area contributed by atoms with Gasteiger partial charge >= 0.3 is 6.03 Å². The number of halogens is 3. The number of anilines is 1. The number of aromatic nitrogens is 2. The van der Waals surface area contributed by atoms with Gasteiger partial charge in [-0.2, -0.15) is 5.10 Å². The lowest BCUT2D eigenvalue weighted by atomic mass is 9.77. The summed E-state index contributed by atoms with van der Waals surface area (Å²) in [5.41, 5.74) is 6.97. The zero-order valence-corrected chi connectivity index (χ0v) is 34.0. The van der Waals surface area contributed by atoms with E-state index in [2.05, 4.69) is 21.0 Å². The number of urea groups is 1. The number of para-hydroxylation sites is 1. The highest BCUT2D eigenvalue weighted by molar-refractivity contribution is 6.34. The number of nitrogens with two attached hydrogens (primary N) is 1. The summed E-state index contributed by atoms with van der Waals surface area (Å²) < 4.78 is 45.5. The summed E-state index contributed by atoms with van der Waals surface area (Å²) in [5, 5.41) is 14.1. The fraction of sp³-hybridized carbons (Fsp3) is 0.341. The molecule has 312 valence electrons. The Balaban J connectivity index is 0.979. The summed E-state index contributed by atoms with van der Waals surface area (Å²) in [6.45, 7) is 2.67. The van der Waals surface area contributed by atoms with Crippen LogP contribution in [0.2, 0.25) is 5.02 Å². The van der Waals surface area contributed by atoms with E-state index in [4.69, 9.17) is 26.8 Å². The molecular weight excluding hydrogens is 796 g/mol. The zero-order valence-electron chi connectivity index (χ0n) is 33.2. The Hall–Kier alpha value is -6.06. The number of carbonyl (C=O) groups is 4. The Morgan fingerprint density at radius 2 is 1.80 bits per heavy atom. The number of primary amides is 1. The maximum absolute atomic E-state index is 16.2. The van der Waals surface area contributed by atoms with E-state index < -0.39 is 35.1 Å². The molecular formula is C44H44ClF2N7O6. The fourth-order valence-corrected chi connectivity index (χ4v) is 9.32. The molecule has 4 aromatic carbocycles. The molecule has 1 aliphatic carbocycles. The third kappa shape index (κ3) is 7.08. The largest absolute Gasteiger partial charge is 0.494 e. The predicted molar refractivity (Wildman–Crippen MR) is 221 cm³/mol. The van der Waals surface area contributed by atoms with Crippen molar-refractivity contribution in [3.05, 3.63) is 106 Å². The van der Waals surface area contributed by atoms with Gasteiger partial charge in [-0.3, -0.25) is 29.3 Å². The maximum atomic E-state index is 16.2. The van der Waals surface area contributed by atoms with Gasteiger partial charge in [-0.25, -0.2) is 13.6 Å². The molecule has 0 radical (unpaired) electrons. The molecule has 2 fully saturated rings. The van der Waals surface area contributed by atoms with Gasteiger partial charge < -0.3 is 25.8 Å². The highest BCUT2D eigenvalue weighted by atomic mass is 35.5. The van der Waals surface area contributed by atoms with Crippen molar-refractivity contribution in [3.8, 4) is 22.6 Å². The molecule has 0 spiro atoms. The maximum Gasteiger partial charge on any atom is 0.329 e. The number of carbonyl (C=O) groups excluding carboxylic acids is 4. The second-order valence-electron chi connectivity index (χ2n) is 15.6. The molecule has 3 aliphatic rings. The molecule has 1 saturated heterocycles. The summed E-state index contributed by atoms with van der Waals surface area (Å²) in [6.07, 6.45) is 2.86. The molecule has 8 rings (SSSR count). The van der Waals surface area contributed by atoms with Crippen LogP contribution in [0, 0.1) is 17.6 Å². The molecule has 3 heterocycles. The Kier molecular flexibility index (Phi) is 11.0. The minimum absolute atomic E-state index is 0.0233. The van der Waals surface area contributed by atoms with Crippen molar-refractivity contribution in [1.29, 1.82) is 0 Å². The molecule has 2 aliphatic heterocycles. The van der Waals surface area contributed by atoms with E-state index in [9.17, 15) is 19.2 Å². The lowest BCUT2D eigenvalue weighted by molar-refractivity contribution is -0.126. The summed E-state index contributed by atoms with van der Waals surface area (Å²) in [4.78, 5) is 51.9. The van der Waals surface area contributed by atoms with Gasteiger partial charge in [0.1, 0.15) is 11.6 Å². The number of aryl methyl sites for hydroxylation is 1. The quantitative estimate of drug-likeness (QED) is 0.116. The van der Waals surface area contributed by atoms with Crippen LogP contribution in [0.5, 0.6) is 11.5 Å². The molecule has 0 unspecified atom stereocenters. The van der Waals surface area contributed by atoms with Gasteiger partial charge in [-0.15, -0.1) is 0 Å². The monoisotopic (exact) mass is 839 g/mol. The lowest BCUT2D eigenvalue weighted by Crippen LogP contribution is -2.49. The lowest BCUT2D eigenvalue weighted by Gasteiger charge is -2.37. The Morgan fingerprint density at radius 3 is 2.50 bits per heavy atom. The Bertz CT molecular complexity index is 2540. The van der Waals surface area contributed by atoms with Crippen molar-refractivity contribution in [3.63, 3.8) is 0 Å². The van der Waals surface area contributed by atoms with Gasteiger partial charge in [-0.05, 0) is 55.0 Å². The number of amides is 5. The van der Waals surface area contributed by atoms with E-state index in [1.54, 1.807) is 11.7 Å². The van der Waals surface area contributed by atoms with E-state index in [1.807, 2.05) is 55.5 Å². The van der Waals surface area contributed by atoms with Crippen LogP contribution in [-0.2, 0) is 28.8 Å². The number of fused-ring (bicyclic) bond motifs is 2. The second kappa shape index (κ2) is 16.2. The van der Waals surface area contributed by atoms with Crippen LogP contribution in [0.4, 0.5) is 19.4 Å². The summed E-state index contributed by atoms with van der Waals surface area (Å²) in [7, 11) is 3.07. The number of ether oxygens (including phenoxy) is 2. The SMILES string of the molecule is COc1ccc(C(N)=O)c(-c2c(Cl)c(F)cc3c2[C@H](C)[C@@](CNC2CCC(C(=O)NCc4cccc5c(N6CCC(=O)NC6=O)nn(C)c45)CC2)(c2ccccc2)O3)c1F. The predicted octanol–water partition coefficient (Wildman–Crippen LogP) is 6.58. The Labute approximate surface area is 349 Å². The molecule has 1 aromatic heterocycles. The molecule has 1 saturated carbocycles. The van der Waals surface area contributed by atoms with Crippen molar-refractivity contribution < 1.29 is 37.4 Å². The number of hydrogen-bond acceptors (Lipinski definition) is 8. The number of imide groups is 1. The molecule has 5 aromatic rings. The number of benzene rings is 4. The van der Waals surface area contributed by atoms with Gasteiger partial charge in [-0.1, -0.05) is 61.0 Å². The van der Waals surface area contributed by atoms with Crippen LogP contribution in [-0.4, -0.2) is 59.8 Å². The highest BCUT2D eigenvalue weighted by Crippen LogP contribution is 2.56. The molecule has 0 bridgehead atoms. The Morgan fingerprint density at radius 1 is 1.05 bits per heavy atom. The minimum atomic E-state index is -1.10. The van der Waals surface area contributed by atoms with E-state index in [0.29, 0.717) is 37.1 Å². The smallest absolute Gasteiger partial charge is 0.329 e. The first-order valence-electron chi connectivity index (χ1n) is 19.8. The fourth-order valence-electron chi connectivity index (χ4n) is 9.07. The average molecular weight is 840 g/mol. The summed E-state index contributed by atoms with van der Waals surface area (Å²) in [5.74, 6) is -3.36. The molecule has 5 N–H and O–H groups in total. The van der Waals surface area contributed by atoms with Crippen molar-refractivity contribution in [1.82, 2.24) is 25.7 Å². The van der Waals surface area contributed by atoms with Crippen LogP contribution in [0.15, 0.2) is 66.7 Å². The van der Waals surface area contributed by atoms with Crippen LogP contribution in [0.1, 0.15) is 72.0 Å². The average Bonchev–Trinajstić information content (AvgIpc) is 3.73. The topological polar surface area (TPSA) is 170 Å². The number of rotatable bonds is 11. The van der Waals surface area contributed by atoms with E-state index >= 15 is 8.78 Å². The van der Waals surface area contributed by atoms with E-state index in [-0.39, 0.29) is 83.0 Å². The highest BCUT2D eigenvalue weighted by Gasteiger charge is 2.50. The number of hydrogen-bond donors (Lipinski definition) is 4. The third-order valence-corrected chi connectivity index (χ3v) is 12.6. The zero-order chi connectivity index (χ0) is 42.5. The first-order valence-corrected chi connectivity index (χ1v) is 20.2. The molecule has 13 nitrogen and oxygen atoms in total. The van der Waals surface area contributed by atoms with Crippen molar-refractivity contribution in [2.75, 3.05) is 25.1 Å². The molecule has 60 heavy (non-hydrogen) atoms. The summed E-state index contributed by atoms with van der Waals surface area (Å²) in [6, 6.07) is 18.4. The summed E-state index contributed by atoms with van der Waals surface area (Å²) >= 11 is 6.66. The van der Waals surface area contributed by atoms with Crippen molar-refractivity contribution in [2.24, 2.45) is 18.7 Å². The minimum Gasteiger partial charge on any atom is -0.494 e. The first kappa shape index (κ1) is 40.7. The van der Waals surface area contributed by atoms with Crippen LogP contribution in [0.3, 0.4) is 0 Å². The third-order valence-electron chi connectivity index (χ3n) is 12.2. The van der Waals surface area contributed by atoms with Gasteiger partial charge in [0.2, 0.25) is 17.7 Å². The number of methoxy groups -OCH3 is 1. The molecule has 5 amide bonds. The molecule has 16 heteroatoms. The van der Waals surface area contributed by atoms with Crippen molar-refractivity contribution >= 4 is 52.1 Å². The first-order chi connectivity index (χ1) is 28.8. The number of nitrogens with one attached hydrogen (secondary N) is 3. The van der Waals surface area contributed by atoms with Gasteiger partial charge in [0.25, 0.3) is 0 Å². The van der Waals surface area contributed by atoms with E-state index in [1.165, 1.54) is 30.2 Å². The number of nitrogens with zero attached hydrogens (tertiary/aromatic N) is 3. The normalized spacial score (nSPS) is 21.4. The van der Waals surface area contributed by atoms with Crippen molar-refractivity contribution in [2.45, 2.75) is 63.1 Å². The van der Waals surface area contributed by atoms with Crippen LogP contribution in [0.25, 0.3) is 22.0 Å². The second-order valence-corrected chi connectivity index (χ2v) is 15.9. The van der Waals surface area contributed by atoms with Gasteiger partial charge in [0.15, 0.2) is 23.0 Å². The standard InChI is InChI=1S/C44H44ClF2N7O6/c1-23-34-32(20-30(46)37(45)36(34)35-28(40(48)56)16-17-31(59-3)38(35)47)60-44(23,26-9-5-4-6-10-26)22-50-27-14-12-24(13-15-27)42(57)49-21-25-8-7-11-29-39(25)53(2)52-41(29)54-19-18-33(55)51-43(54)58/h4-11,16-17,20,23-24,27,50H,12-15,18-19,21-22H2,1-3H3,(H2,48,56)(H,49,57)(H,51,55,58)/t23-,24?,27?,44-/m0/s1. The van der Waals surface area contributed by atoms with Gasteiger partial charge in [0.05, 0.1) is 23.2 Å². The van der Waals surface area contributed by atoms with Crippen LogP contribution >= 0.6 is 11.6 Å². The molecule has 2 atom stereocenters. The van der Waals surface area contributed by atoms with Crippen LogP contribution < -0.4 is 36.1 Å².